The lowest BCUT2D eigenvalue weighted by Crippen LogP contribution is -2.25. The molecule has 1 heterocycles. The predicted octanol–water partition coefficient (Wildman–Crippen LogP) is 0.832. The van der Waals surface area contributed by atoms with Crippen LogP contribution in [-0.2, 0) is 11.3 Å². The zero-order valence-corrected chi connectivity index (χ0v) is 10.5. The van der Waals surface area contributed by atoms with Gasteiger partial charge in [0.15, 0.2) is 6.61 Å². The first-order chi connectivity index (χ1) is 8.69. The lowest BCUT2D eigenvalue weighted by atomic mass is 10.1. The third-order valence-corrected chi connectivity index (χ3v) is 2.83. The molecule has 1 aromatic carbocycles. The van der Waals surface area contributed by atoms with Gasteiger partial charge < -0.3 is 20.1 Å². The topological polar surface area (TPSA) is 61.8 Å². The Morgan fingerprint density at radius 3 is 3.11 bits per heavy atom. The Hall–Kier alpha value is -1.59. The fourth-order valence-corrected chi connectivity index (χ4v) is 1.96. The second kappa shape index (κ2) is 5.84. The number of rotatable bonds is 5. The quantitative estimate of drug-likeness (QED) is 0.812. The lowest BCUT2D eigenvalue weighted by Gasteiger charge is -2.20. The highest BCUT2D eigenvalue weighted by atomic mass is 16.5. The standard InChI is InChI=1S/C13H18N2O3/c1-15(5-2-6-16)8-10-3-4-12-11(7-10)14-13(17)9-18-12/h3-4,7,16H,2,5-6,8-9H2,1H3,(H,14,17). The van der Waals surface area contributed by atoms with Crippen LogP contribution in [-0.4, -0.2) is 42.7 Å². The molecule has 0 spiro atoms. The van der Waals surface area contributed by atoms with Crippen molar-refractivity contribution in [2.45, 2.75) is 13.0 Å². The number of nitrogens with zero attached hydrogens (tertiary/aromatic N) is 1. The average molecular weight is 250 g/mol. The summed E-state index contributed by atoms with van der Waals surface area (Å²) in [6.07, 6.45) is 0.765. The van der Waals surface area contributed by atoms with E-state index in [1.165, 1.54) is 0 Å². The molecule has 2 rings (SSSR count). The number of hydrogen-bond donors (Lipinski definition) is 2. The average Bonchev–Trinajstić information content (AvgIpc) is 2.36. The van der Waals surface area contributed by atoms with Crippen LogP contribution in [0.1, 0.15) is 12.0 Å². The normalized spacial score (nSPS) is 14.1. The Morgan fingerprint density at radius 1 is 1.50 bits per heavy atom. The van der Waals surface area contributed by atoms with Gasteiger partial charge in [0.25, 0.3) is 5.91 Å². The van der Waals surface area contributed by atoms with Gasteiger partial charge in [-0.15, -0.1) is 0 Å². The van der Waals surface area contributed by atoms with Crippen molar-refractivity contribution in [2.75, 3.05) is 32.1 Å². The Kier molecular flexibility index (Phi) is 4.17. The molecule has 2 N–H and O–H groups in total. The number of aliphatic hydroxyl groups is 1. The van der Waals surface area contributed by atoms with Crippen LogP contribution in [0.5, 0.6) is 5.75 Å². The Morgan fingerprint density at radius 2 is 2.33 bits per heavy atom. The van der Waals surface area contributed by atoms with E-state index in [9.17, 15) is 4.79 Å². The maximum absolute atomic E-state index is 11.2. The maximum atomic E-state index is 11.2. The van der Waals surface area contributed by atoms with E-state index in [0.29, 0.717) is 0 Å². The highest BCUT2D eigenvalue weighted by molar-refractivity contribution is 5.95. The summed E-state index contributed by atoms with van der Waals surface area (Å²) >= 11 is 0. The van der Waals surface area contributed by atoms with Crippen LogP contribution in [0.15, 0.2) is 18.2 Å². The van der Waals surface area contributed by atoms with Crippen molar-refractivity contribution in [3.05, 3.63) is 23.8 Å². The van der Waals surface area contributed by atoms with Crippen LogP contribution in [0.25, 0.3) is 0 Å². The third-order valence-electron chi connectivity index (χ3n) is 2.83. The van der Waals surface area contributed by atoms with Gasteiger partial charge in [0.2, 0.25) is 0 Å². The summed E-state index contributed by atoms with van der Waals surface area (Å²) in [5, 5.41) is 11.6. The second-order valence-corrected chi connectivity index (χ2v) is 4.48. The van der Waals surface area contributed by atoms with Crippen LogP contribution >= 0.6 is 0 Å². The summed E-state index contributed by atoms with van der Waals surface area (Å²) in [5.74, 6) is 0.602. The molecule has 0 atom stereocenters. The van der Waals surface area contributed by atoms with Crippen LogP contribution in [0.3, 0.4) is 0 Å². The molecule has 0 bridgehead atoms. The van der Waals surface area contributed by atoms with Gasteiger partial charge in [-0.1, -0.05) is 6.07 Å². The van der Waals surface area contributed by atoms with Crippen molar-refractivity contribution >= 4 is 11.6 Å². The number of nitrogens with one attached hydrogen (secondary N) is 1. The summed E-state index contributed by atoms with van der Waals surface area (Å²) in [4.78, 5) is 13.4. The van der Waals surface area contributed by atoms with Crippen LogP contribution in [0, 0.1) is 0 Å². The van der Waals surface area contributed by atoms with E-state index in [-0.39, 0.29) is 19.1 Å². The number of carbonyl (C=O) groups excluding carboxylic acids is 1. The maximum Gasteiger partial charge on any atom is 0.262 e. The van der Waals surface area contributed by atoms with E-state index in [1.54, 1.807) is 0 Å². The molecule has 0 aromatic heterocycles. The number of ether oxygens (including phenoxy) is 1. The van der Waals surface area contributed by atoms with Gasteiger partial charge in [-0.25, -0.2) is 0 Å². The molecule has 0 saturated carbocycles. The summed E-state index contributed by atoms with van der Waals surface area (Å²) < 4.78 is 5.30. The molecule has 1 amide bonds. The number of carbonyl (C=O) groups is 1. The molecule has 98 valence electrons. The second-order valence-electron chi connectivity index (χ2n) is 4.48. The number of benzene rings is 1. The van der Waals surface area contributed by atoms with E-state index in [1.807, 2.05) is 25.2 Å². The first-order valence-electron chi connectivity index (χ1n) is 6.04. The first kappa shape index (κ1) is 12.9. The van der Waals surface area contributed by atoms with E-state index in [2.05, 4.69) is 10.2 Å². The smallest absolute Gasteiger partial charge is 0.262 e. The zero-order valence-electron chi connectivity index (χ0n) is 10.5. The minimum Gasteiger partial charge on any atom is -0.482 e. The molecule has 5 heteroatoms. The third kappa shape index (κ3) is 3.21. The molecular formula is C13H18N2O3. The van der Waals surface area contributed by atoms with Crippen LogP contribution in [0.4, 0.5) is 5.69 Å². The fourth-order valence-electron chi connectivity index (χ4n) is 1.96. The van der Waals surface area contributed by atoms with E-state index < -0.39 is 0 Å². The van der Waals surface area contributed by atoms with E-state index >= 15 is 0 Å². The molecule has 0 saturated heterocycles. The number of hydrogen-bond acceptors (Lipinski definition) is 4. The molecular weight excluding hydrogens is 232 g/mol. The van der Waals surface area contributed by atoms with Gasteiger partial charge >= 0.3 is 0 Å². The number of amides is 1. The Balaban J connectivity index is 2.02. The monoisotopic (exact) mass is 250 g/mol. The number of fused-ring (bicyclic) bond motifs is 1. The molecule has 0 radical (unpaired) electrons. The van der Waals surface area contributed by atoms with Crippen molar-refractivity contribution in [1.29, 1.82) is 0 Å². The van der Waals surface area contributed by atoms with Crippen molar-refractivity contribution < 1.29 is 14.6 Å². The van der Waals surface area contributed by atoms with Crippen molar-refractivity contribution in [3.8, 4) is 5.75 Å². The van der Waals surface area contributed by atoms with Crippen molar-refractivity contribution in [3.63, 3.8) is 0 Å². The first-order valence-corrected chi connectivity index (χ1v) is 6.04. The molecule has 0 fully saturated rings. The van der Waals surface area contributed by atoms with Crippen LogP contribution in [0.2, 0.25) is 0 Å². The summed E-state index contributed by atoms with van der Waals surface area (Å²) in [5.41, 5.74) is 1.85. The lowest BCUT2D eigenvalue weighted by molar-refractivity contribution is -0.118. The summed E-state index contributed by atoms with van der Waals surface area (Å²) in [6.45, 7) is 1.92. The highest BCUT2D eigenvalue weighted by Crippen LogP contribution is 2.28. The number of anilines is 1. The molecule has 0 aliphatic carbocycles. The molecule has 18 heavy (non-hydrogen) atoms. The minimum absolute atomic E-state index is 0.0861. The minimum atomic E-state index is -0.117. The number of aliphatic hydroxyl groups excluding tert-OH is 1. The van der Waals surface area contributed by atoms with Gasteiger partial charge in [0, 0.05) is 19.7 Å². The molecule has 1 aromatic rings. The van der Waals surface area contributed by atoms with Crippen LogP contribution < -0.4 is 10.1 Å². The highest BCUT2D eigenvalue weighted by Gasteiger charge is 2.16. The fraction of sp³-hybridized carbons (Fsp3) is 0.462. The Labute approximate surface area is 106 Å². The van der Waals surface area contributed by atoms with Gasteiger partial charge in [-0.05, 0) is 31.2 Å². The van der Waals surface area contributed by atoms with Crippen molar-refractivity contribution in [1.82, 2.24) is 4.90 Å². The van der Waals surface area contributed by atoms with Crippen molar-refractivity contribution in [2.24, 2.45) is 0 Å². The molecule has 5 nitrogen and oxygen atoms in total. The summed E-state index contributed by atoms with van der Waals surface area (Å²) in [6, 6.07) is 5.80. The van der Waals surface area contributed by atoms with Gasteiger partial charge in [0.05, 0.1) is 5.69 Å². The summed E-state index contributed by atoms with van der Waals surface area (Å²) in [7, 11) is 2.00. The SMILES string of the molecule is CN(CCCO)Cc1ccc2c(c1)NC(=O)CO2. The molecule has 1 aliphatic heterocycles. The van der Waals surface area contributed by atoms with E-state index in [0.717, 1.165) is 36.5 Å². The Bertz CT molecular complexity index is 434. The molecule has 0 unspecified atom stereocenters. The van der Waals surface area contributed by atoms with Gasteiger partial charge in [0.1, 0.15) is 5.75 Å². The zero-order chi connectivity index (χ0) is 13.0. The van der Waals surface area contributed by atoms with Gasteiger partial charge in [-0.2, -0.15) is 0 Å². The predicted molar refractivity (Wildman–Crippen MR) is 68.6 cm³/mol. The van der Waals surface area contributed by atoms with Gasteiger partial charge in [-0.3, -0.25) is 4.79 Å². The van der Waals surface area contributed by atoms with E-state index in [4.69, 9.17) is 9.84 Å². The molecule has 1 aliphatic rings. The largest absolute Gasteiger partial charge is 0.482 e.